The van der Waals surface area contributed by atoms with E-state index < -0.39 is 0 Å². The Bertz CT molecular complexity index is 792. The summed E-state index contributed by atoms with van der Waals surface area (Å²) in [5, 5.41) is 17.1. The zero-order chi connectivity index (χ0) is 16.4. The van der Waals surface area contributed by atoms with Gasteiger partial charge in [-0.1, -0.05) is 49.3 Å². The van der Waals surface area contributed by atoms with E-state index in [2.05, 4.69) is 25.7 Å². The summed E-state index contributed by atoms with van der Waals surface area (Å²) in [5.74, 6) is 1.75. The average molecular weight is 351 g/mol. The van der Waals surface area contributed by atoms with Crippen LogP contribution in [0.4, 0.5) is 0 Å². The molecule has 7 nitrogen and oxygen atoms in total. The van der Waals surface area contributed by atoms with Crippen LogP contribution in [0.3, 0.4) is 0 Å². The topological polar surface area (TPSA) is 82.5 Å². The third-order valence-corrected chi connectivity index (χ3v) is 4.12. The lowest BCUT2D eigenvalue weighted by Gasteiger charge is -2.10. The van der Waals surface area contributed by atoms with E-state index >= 15 is 0 Å². The van der Waals surface area contributed by atoms with Crippen LogP contribution in [-0.4, -0.2) is 30.3 Å². The van der Waals surface area contributed by atoms with Crippen molar-refractivity contribution in [3.05, 3.63) is 41.0 Å². The van der Waals surface area contributed by atoms with Crippen LogP contribution in [0.25, 0.3) is 5.69 Å². The number of halogens is 1. The molecule has 0 atom stereocenters. The van der Waals surface area contributed by atoms with Gasteiger partial charge in [-0.2, -0.15) is 9.67 Å². The highest BCUT2D eigenvalue weighted by Crippen LogP contribution is 2.24. The number of nitrogens with zero attached hydrogens (tertiary/aromatic N) is 6. The van der Waals surface area contributed by atoms with Crippen molar-refractivity contribution in [2.45, 2.75) is 37.1 Å². The molecule has 0 unspecified atom stereocenters. The lowest BCUT2D eigenvalue weighted by atomic mass is 9.97. The Kier molecular flexibility index (Phi) is 4.36. The van der Waals surface area contributed by atoms with Crippen molar-refractivity contribution in [3.63, 3.8) is 0 Å². The average Bonchev–Trinajstić information content (AvgIpc) is 3.14. The molecule has 0 saturated heterocycles. The first-order valence-electron chi connectivity index (χ1n) is 6.94. The molecule has 0 aliphatic heterocycles. The van der Waals surface area contributed by atoms with Gasteiger partial charge in [0.05, 0.1) is 11.4 Å². The maximum absolute atomic E-state index is 5.90. The van der Waals surface area contributed by atoms with Crippen LogP contribution in [0.5, 0.6) is 0 Å². The van der Waals surface area contributed by atoms with Gasteiger partial charge in [-0.05, 0) is 34.7 Å². The van der Waals surface area contributed by atoms with Gasteiger partial charge in [0.1, 0.15) is 0 Å². The van der Waals surface area contributed by atoms with Crippen LogP contribution < -0.4 is 0 Å². The Balaban J connectivity index is 1.73. The van der Waals surface area contributed by atoms with Crippen molar-refractivity contribution in [2.24, 2.45) is 0 Å². The fourth-order valence-corrected chi connectivity index (χ4v) is 2.62. The third kappa shape index (κ3) is 3.70. The van der Waals surface area contributed by atoms with Crippen molar-refractivity contribution in [1.82, 2.24) is 30.3 Å². The van der Waals surface area contributed by atoms with Crippen LogP contribution in [0.1, 0.15) is 32.5 Å². The molecule has 9 heteroatoms. The van der Waals surface area contributed by atoms with Gasteiger partial charge in [0.15, 0.2) is 5.82 Å². The molecule has 0 saturated carbocycles. The minimum Gasteiger partial charge on any atom is -0.339 e. The molecular weight excluding hydrogens is 336 g/mol. The summed E-state index contributed by atoms with van der Waals surface area (Å²) < 4.78 is 6.92. The van der Waals surface area contributed by atoms with E-state index in [0.29, 0.717) is 27.6 Å². The summed E-state index contributed by atoms with van der Waals surface area (Å²) in [4.78, 5) is 4.40. The molecule has 0 amide bonds. The van der Waals surface area contributed by atoms with Gasteiger partial charge >= 0.3 is 0 Å². The fraction of sp³-hybridized carbons (Fsp3) is 0.357. The molecule has 2 heterocycles. The minimum atomic E-state index is -0.166. The molecule has 0 bridgehead atoms. The lowest BCUT2D eigenvalue weighted by Crippen LogP contribution is -2.11. The Morgan fingerprint density at radius 2 is 1.96 bits per heavy atom. The highest BCUT2D eigenvalue weighted by atomic mass is 35.5. The van der Waals surface area contributed by atoms with Crippen LogP contribution in [0.15, 0.2) is 33.9 Å². The maximum atomic E-state index is 5.90. The predicted molar refractivity (Wildman–Crippen MR) is 86.7 cm³/mol. The quantitative estimate of drug-likeness (QED) is 0.667. The third-order valence-electron chi connectivity index (χ3n) is 2.95. The van der Waals surface area contributed by atoms with Gasteiger partial charge < -0.3 is 4.52 Å². The molecule has 0 N–H and O–H groups in total. The largest absolute Gasteiger partial charge is 0.339 e. The first-order valence-corrected chi connectivity index (χ1v) is 8.30. The molecule has 0 fully saturated rings. The normalized spacial score (nSPS) is 11.8. The molecule has 3 aromatic rings. The van der Waals surface area contributed by atoms with Crippen LogP contribution in [-0.2, 0) is 11.2 Å². The van der Waals surface area contributed by atoms with Gasteiger partial charge in [0.25, 0.3) is 0 Å². The first kappa shape index (κ1) is 15.9. The number of aromatic nitrogens is 6. The summed E-state index contributed by atoms with van der Waals surface area (Å²) >= 11 is 7.34. The fourth-order valence-electron chi connectivity index (χ4n) is 1.76. The SMILES string of the molecule is CC(C)(C)c1nc(CSc2nnnn2-c2ccc(Cl)cc2)no1. The molecule has 1 aromatic carbocycles. The standard InChI is InChI=1S/C14H15ClN6OS/c1-14(2,3)12-16-11(18-22-12)8-23-13-17-19-20-21(13)10-6-4-9(15)5-7-10/h4-7H,8H2,1-3H3. The van der Waals surface area contributed by atoms with Crippen LogP contribution in [0.2, 0.25) is 5.02 Å². The number of hydrogen-bond acceptors (Lipinski definition) is 7. The van der Waals surface area contributed by atoms with Crippen LogP contribution >= 0.6 is 23.4 Å². The van der Waals surface area contributed by atoms with Gasteiger partial charge in [0.2, 0.25) is 11.0 Å². The molecule has 3 rings (SSSR count). The minimum absolute atomic E-state index is 0.166. The molecule has 0 aliphatic carbocycles. The summed E-state index contributed by atoms with van der Waals surface area (Å²) in [6.07, 6.45) is 0. The van der Waals surface area contributed by atoms with Crippen molar-refractivity contribution in [3.8, 4) is 5.69 Å². The van der Waals surface area contributed by atoms with Gasteiger partial charge in [-0.15, -0.1) is 5.10 Å². The Morgan fingerprint density at radius 1 is 1.22 bits per heavy atom. The van der Waals surface area contributed by atoms with Gasteiger partial charge in [-0.25, -0.2) is 0 Å². The van der Waals surface area contributed by atoms with Gasteiger partial charge in [0, 0.05) is 10.4 Å². The maximum Gasteiger partial charge on any atom is 0.232 e. The number of tetrazole rings is 1. The molecular formula is C14H15ClN6OS. The van der Waals surface area contributed by atoms with E-state index in [0.717, 1.165) is 5.69 Å². The first-order chi connectivity index (χ1) is 10.9. The zero-order valence-electron chi connectivity index (χ0n) is 12.9. The van der Waals surface area contributed by atoms with Crippen molar-refractivity contribution >= 4 is 23.4 Å². The summed E-state index contributed by atoms with van der Waals surface area (Å²) in [5.41, 5.74) is 0.672. The van der Waals surface area contributed by atoms with E-state index in [9.17, 15) is 0 Å². The van der Waals surface area contributed by atoms with E-state index in [1.54, 1.807) is 16.8 Å². The second kappa shape index (κ2) is 6.29. The van der Waals surface area contributed by atoms with E-state index in [1.807, 2.05) is 32.9 Å². The number of rotatable bonds is 4. The molecule has 0 radical (unpaired) electrons. The summed E-state index contributed by atoms with van der Waals surface area (Å²) in [6, 6.07) is 7.30. The Morgan fingerprint density at radius 3 is 2.61 bits per heavy atom. The molecule has 120 valence electrons. The molecule has 2 aromatic heterocycles. The molecule has 0 aliphatic rings. The van der Waals surface area contributed by atoms with Crippen molar-refractivity contribution in [1.29, 1.82) is 0 Å². The van der Waals surface area contributed by atoms with Crippen molar-refractivity contribution in [2.75, 3.05) is 0 Å². The molecule has 0 spiro atoms. The second-order valence-electron chi connectivity index (χ2n) is 5.90. The molecule has 23 heavy (non-hydrogen) atoms. The summed E-state index contributed by atoms with van der Waals surface area (Å²) in [7, 11) is 0. The van der Waals surface area contributed by atoms with Crippen LogP contribution in [0, 0.1) is 0 Å². The zero-order valence-corrected chi connectivity index (χ0v) is 14.5. The number of benzene rings is 1. The van der Waals surface area contributed by atoms with E-state index in [1.165, 1.54) is 11.8 Å². The van der Waals surface area contributed by atoms with Crippen molar-refractivity contribution < 1.29 is 4.52 Å². The second-order valence-corrected chi connectivity index (χ2v) is 7.28. The smallest absolute Gasteiger partial charge is 0.232 e. The monoisotopic (exact) mass is 350 g/mol. The highest BCUT2D eigenvalue weighted by molar-refractivity contribution is 7.98. The van der Waals surface area contributed by atoms with Gasteiger partial charge in [-0.3, -0.25) is 0 Å². The summed E-state index contributed by atoms with van der Waals surface area (Å²) in [6.45, 7) is 6.08. The lowest BCUT2D eigenvalue weighted by molar-refractivity contribution is 0.319. The number of thioether (sulfide) groups is 1. The van der Waals surface area contributed by atoms with E-state index in [-0.39, 0.29) is 5.41 Å². The Labute approximate surface area is 142 Å². The Hall–Kier alpha value is -1.93. The highest BCUT2D eigenvalue weighted by Gasteiger charge is 2.22. The van der Waals surface area contributed by atoms with E-state index in [4.69, 9.17) is 16.1 Å². The predicted octanol–water partition coefficient (Wildman–Crippen LogP) is 3.29. The number of hydrogen-bond donors (Lipinski definition) is 0.